The maximum atomic E-state index is 8.38. The summed E-state index contributed by atoms with van der Waals surface area (Å²) in [6, 6.07) is 0. The molecule has 0 aromatic carbocycles. The summed E-state index contributed by atoms with van der Waals surface area (Å²) in [5.41, 5.74) is 0.993. The number of unbranched alkanes of at least 4 members (excludes halogenated alkanes) is 1. The van der Waals surface area contributed by atoms with Crippen LogP contribution in [0.2, 0.25) is 0 Å². The van der Waals surface area contributed by atoms with Crippen LogP contribution in [0.5, 0.6) is 0 Å². The quantitative estimate of drug-likeness (QED) is 0.540. The fourth-order valence-corrected chi connectivity index (χ4v) is 0.539. The Kier molecular flexibility index (Phi) is 5.32. The lowest BCUT2D eigenvalue weighted by molar-refractivity contribution is 0.284. The molecule has 2 N–H and O–H groups in total. The van der Waals surface area contributed by atoms with Gasteiger partial charge >= 0.3 is 0 Å². The molecule has 0 aliphatic carbocycles. The fourth-order valence-electron chi connectivity index (χ4n) is 0.539. The Balaban J connectivity index is 2.83. The number of aliphatic hydroxyl groups is 1. The second-order valence-corrected chi connectivity index (χ2v) is 2.14. The van der Waals surface area contributed by atoms with Gasteiger partial charge in [0.25, 0.3) is 0 Å². The van der Waals surface area contributed by atoms with Gasteiger partial charge in [-0.2, -0.15) is 0 Å². The molecule has 0 spiro atoms. The maximum Gasteiger partial charge on any atom is 0.0431 e. The standard InChI is InChI=1S/C7H15NO/c1-7(2)8-5-3-4-6-9/h8-9H,1,3-6H2,2H3. The van der Waals surface area contributed by atoms with Gasteiger partial charge in [-0.1, -0.05) is 6.58 Å². The van der Waals surface area contributed by atoms with Crippen LogP contribution >= 0.6 is 0 Å². The third-order valence-corrected chi connectivity index (χ3v) is 1.01. The predicted molar refractivity (Wildman–Crippen MR) is 39.1 cm³/mol. The molecule has 0 fully saturated rings. The van der Waals surface area contributed by atoms with Crippen molar-refractivity contribution in [1.29, 1.82) is 0 Å². The van der Waals surface area contributed by atoms with E-state index in [1.54, 1.807) is 0 Å². The Morgan fingerprint density at radius 1 is 1.56 bits per heavy atom. The summed E-state index contributed by atoms with van der Waals surface area (Å²) in [6.45, 7) is 6.82. The minimum Gasteiger partial charge on any atom is -0.396 e. The molecule has 2 heteroatoms. The third-order valence-electron chi connectivity index (χ3n) is 1.01. The Bertz CT molecular complexity index is 81.0. The fraction of sp³-hybridized carbons (Fsp3) is 0.714. The molecular formula is C7H15NO. The number of rotatable bonds is 5. The highest BCUT2D eigenvalue weighted by atomic mass is 16.2. The van der Waals surface area contributed by atoms with E-state index in [0.717, 1.165) is 25.1 Å². The van der Waals surface area contributed by atoms with Gasteiger partial charge in [0.05, 0.1) is 0 Å². The first kappa shape index (κ1) is 8.50. The van der Waals surface area contributed by atoms with Gasteiger partial charge in [0, 0.05) is 18.8 Å². The largest absolute Gasteiger partial charge is 0.396 e. The van der Waals surface area contributed by atoms with Crippen molar-refractivity contribution in [3.63, 3.8) is 0 Å². The Hall–Kier alpha value is -0.500. The van der Waals surface area contributed by atoms with E-state index in [1.165, 1.54) is 0 Å². The van der Waals surface area contributed by atoms with Crippen LogP contribution in [0, 0.1) is 0 Å². The van der Waals surface area contributed by atoms with Crippen LogP contribution in [0.1, 0.15) is 19.8 Å². The molecule has 0 unspecified atom stereocenters. The second kappa shape index (κ2) is 5.63. The summed E-state index contributed by atoms with van der Waals surface area (Å²) in [7, 11) is 0. The van der Waals surface area contributed by atoms with Crippen LogP contribution in [0.25, 0.3) is 0 Å². The molecule has 0 rings (SSSR count). The van der Waals surface area contributed by atoms with Gasteiger partial charge in [0.2, 0.25) is 0 Å². The van der Waals surface area contributed by atoms with Gasteiger partial charge in [0.15, 0.2) is 0 Å². The predicted octanol–water partition coefficient (Wildman–Crippen LogP) is 0.882. The molecule has 2 nitrogen and oxygen atoms in total. The third kappa shape index (κ3) is 7.50. The summed E-state index contributed by atoms with van der Waals surface area (Å²) in [5, 5.41) is 11.5. The molecule has 0 amide bonds. The number of aliphatic hydroxyl groups excluding tert-OH is 1. The number of hydrogen-bond acceptors (Lipinski definition) is 2. The van der Waals surface area contributed by atoms with Gasteiger partial charge < -0.3 is 10.4 Å². The van der Waals surface area contributed by atoms with Crippen LogP contribution in [-0.2, 0) is 0 Å². The van der Waals surface area contributed by atoms with Crippen molar-refractivity contribution >= 4 is 0 Å². The summed E-state index contributed by atoms with van der Waals surface area (Å²) in [5.74, 6) is 0. The van der Waals surface area contributed by atoms with Crippen LogP contribution in [0.15, 0.2) is 12.3 Å². The zero-order chi connectivity index (χ0) is 7.11. The molecule has 0 saturated heterocycles. The normalized spacial score (nSPS) is 9.11. The molecule has 0 saturated carbocycles. The lowest BCUT2D eigenvalue weighted by atomic mass is 10.3. The van der Waals surface area contributed by atoms with Crippen molar-refractivity contribution in [2.24, 2.45) is 0 Å². The van der Waals surface area contributed by atoms with E-state index in [2.05, 4.69) is 11.9 Å². The molecule has 0 aliphatic heterocycles. The molecule has 0 radical (unpaired) electrons. The van der Waals surface area contributed by atoms with E-state index in [-0.39, 0.29) is 6.61 Å². The summed E-state index contributed by atoms with van der Waals surface area (Å²) < 4.78 is 0. The smallest absolute Gasteiger partial charge is 0.0431 e. The molecular weight excluding hydrogens is 114 g/mol. The zero-order valence-corrected chi connectivity index (χ0v) is 5.98. The van der Waals surface area contributed by atoms with Crippen molar-refractivity contribution in [3.05, 3.63) is 12.3 Å². The Morgan fingerprint density at radius 3 is 2.67 bits per heavy atom. The topological polar surface area (TPSA) is 32.3 Å². The zero-order valence-electron chi connectivity index (χ0n) is 5.98. The molecule has 0 aromatic rings. The average molecular weight is 129 g/mol. The van der Waals surface area contributed by atoms with Crippen molar-refractivity contribution in [1.82, 2.24) is 5.32 Å². The average Bonchev–Trinajstić information content (AvgIpc) is 1.80. The van der Waals surface area contributed by atoms with E-state index in [9.17, 15) is 0 Å². The minimum absolute atomic E-state index is 0.290. The molecule has 0 heterocycles. The number of hydrogen-bond donors (Lipinski definition) is 2. The molecule has 0 atom stereocenters. The van der Waals surface area contributed by atoms with Crippen molar-refractivity contribution in [3.8, 4) is 0 Å². The van der Waals surface area contributed by atoms with Crippen LogP contribution in [0.3, 0.4) is 0 Å². The van der Waals surface area contributed by atoms with E-state index >= 15 is 0 Å². The summed E-state index contributed by atoms with van der Waals surface area (Å²) in [6.07, 6.45) is 1.89. The SMILES string of the molecule is C=C(C)NCCCCO. The first-order chi connectivity index (χ1) is 4.27. The van der Waals surface area contributed by atoms with Crippen molar-refractivity contribution < 1.29 is 5.11 Å². The second-order valence-electron chi connectivity index (χ2n) is 2.14. The van der Waals surface area contributed by atoms with Crippen LogP contribution < -0.4 is 5.32 Å². The Labute approximate surface area is 56.6 Å². The first-order valence-corrected chi connectivity index (χ1v) is 3.27. The summed E-state index contributed by atoms with van der Waals surface area (Å²) >= 11 is 0. The minimum atomic E-state index is 0.290. The molecule has 54 valence electrons. The van der Waals surface area contributed by atoms with E-state index < -0.39 is 0 Å². The maximum absolute atomic E-state index is 8.38. The lowest BCUT2D eigenvalue weighted by Crippen LogP contribution is -2.11. The van der Waals surface area contributed by atoms with Crippen LogP contribution in [0.4, 0.5) is 0 Å². The van der Waals surface area contributed by atoms with Gasteiger partial charge in [-0.25, -0.2) is 0 Å². The van der Waals surface area contributed by atoms with Gasteiger partial charge in [-0.05, 0) is 19.8 Å². The highest BCUT2D eigenvalue weighted by molar-refractivity contribution is 4.83. The van der Waals surface area contributed by atoms with E-state index in [4.69, 9.17) is 5.11 Å². The lowest BCUT2D eigenvalue weighted by Gasteiger charge is -2.02. The Morgan fingerprint density at radius 2 is 2.22 bits per heavy atom. The molecule has 0 aliphatic rings. The molecule has 9 heavy (non-hydrogen) atoms. The van der Waals surface area contributed by atoms with E-state index in [1.807, 2.05) is 6.92 Å². The monoisotopic (exact) mass is 129 g/mol. The highest BCUT2D eigenvalue weighted by Gasteiger charge is 1.84. The van der Waals surface area contributed by atoms with Gasteiger partial charge in [-0.3, -0.25) is 0 Å². The van der Waals surface area contributed by atoms with Crippen molar-refractivity contribution in [2.45, 2.75) is 19.8 Å². The summed E-state index contributed by atoms with van der Waals surface area (Å²) in [4.78, 5) is 0. The van der Waals surface area contributed by atoms with Gasteiger partial charge in [-0.15, -0.1) is 0 Å². The molecule has 0 bridgehead atoms. The number of nitrogens with one attached hydrogen (secondary N) is 1. The molecule has 0 aromatic heterocycles. The van der Waals surface area contributed by atoms with E-state index in [0.29, 0.717) is 0 Å². The van der Waals surface area contributed by atoms with Crippen LogP contribution in [-0.4, -0.2) is 18.3 Å². The first-order valence-electron chi connectivity index (χ1n) is 3.27. The van der Waals surface area contributed by atoms with Crippen molar-refractivity contribution in [2.75, 3.05) is 13.2 Å². The van der Waals surface area contributed by atoms with Gasteiger partial charge in [0.1, 0.15) is 0 Å². The number of allylic oxidation sites excluding steroid dienone is 1. The highest BCUT2D eigenvalue weighted by Crippen LogP contribution is 1.85.